The Bertz CT molecular complexity index is 494. The molecule has 2 rings (SSSR count). The molecule has 96 valence electrons. The minimum Gasteiger partial charge on any atom is -0.378 e. The van der Waals surface area contributed by atoms with Crippen molar-refractivity contribution in [3.8, 4) is 0 Å². The number of nitrogens with one attached hydrogen (secondary N) is 1. The van der Waals surface area contributed by atoms with Crippen LogP contribution < -0.4 is 5.32 Å². The van der Waals surface area contributed by atoms with Gasteiger partial charge in [-0.2, -0.15) is 0 Å². The predicted octanol–water partition coefficient (Wildman–Crippen LogP) is 2.32. The van der Waals surface area contributed by atoms with Crippen LogP contribution in [0.15, 0.2) is 22.9 Å². The number of thiazole rings is 1. The van der Waals surface area contributed by atoms with Crippen molar-refractivity contribution in [1.82, 2.24) is 10.3 Å². The Kier molecular flexibility index (Phi) is 4.86. The summed E-state index contributed by atoms with van der Waals surface area (Å²) in [5.41, 5.74) is 0.999. The molecule has 18 heavy (non-hydrogen) atoms. The fraction of sp³-hybridized carbons (Fsp3) is 0.333. The zero-order chi connectivity index (χ0) is 12.8. The second-order valence-electron chi connectivity index (χ2n) is 3.65. The largest absolute Gasteiger partial charge is 0.378 e. The molecule has 0 saturated heterocycles. The van der Waals surface area contributed by atoms with E-state index in [1.807, 2.05) is 22.9 Å². The van der Waals surface area contributed by atoms with Gasteiger partial charge < -0.3 is 10.1 Å². The van der Waals surface area contributed by atoms with E-state index in [4.69, 9.17) is 4.74 Å². The van der Waals surface area contributed by atoms with E-state index in [9.17, 15) is 4.79 Å². The van der Waals surface area contributed by atoms with Gasteiger partial charge in [-0.15, -0.1) is 22.7 Å². The molecule has 0 atom stereocenters. The molecular formula is C12H14N2O2S2. The first-order chi connectivity index (χ1) is 8.79. The highest BCUT2D eigenvalue weighted by atomic mass is 32.1. The SMILES string of the molecule is COCc1nc(CCNC(=O)c2cccs2)cs1. The third-order valence-electron chi connectivity index (χ3n) is 2.28. The number of ether oxygens (including phenoxy) is 1. The first kappa shape index (κ1) is 13.2. The van der Waals surface area contributed by atoms with Crippen molar-refractivity contribution in [2.75, 3.05) is 13.7 Å². The van der Waals surface area contributed by atoms with Crippen molar-refractivity contribution in [3.05, 3.63) is 38.5 Å². The van der Waals surface area contributed by atoms with E-state index in [2.05, 4.69) is 10.3 Å². The van der Waals surface area contributed by atoms with Crippen LogP contribution in [0.4, 0.5) is 0 Å². The zero-order valence-corrected chi connectivity index (χ0v) is 11.6. The average molecular weight is 282 g/mol. The third kappa shape index (κ3) is 3.63. The van der Waals surface area contributed by atoms with Crippen LogP contribution in [-0.2, 0) is 17.8 Å². The number of nitrogens with zero attached hydrogens (tertiary/aromatic N) is 1. The summed E-state index contributed by atoms with van der Waals surface area (Å²) in [5, 5.41) is 7.75. The molecule has 0 aromatic carbocycles. The van der Waals surface area contributed by atoms with Gasteiger partial charge in [0.25, 0.3) is 5.91 Å². The van der Waals surface area contributed by atoms with Crippen LogP contribution in [0.2, 0.25) is 0 Å². The van der Waals surface area contributed by atoms with Crippen molar-refractivity contribution in [2.45, 2.75) is 13.0 Å². The lowest BCUT2D eigenvalue weighted by molar-refractivity contribution is 0.0958. The molecule has 0 aliphatic heterocycles. The van der Waals surface area contributed by atoms with Crippen LogP contribution in [0, 0.1) is 0 Å². The van der Waals surface area contributed by atoms with Gasteiger partial charge in [0.2, 0.25) is 0 Å². The number of rotatable bonds is 6. The van der Waals surface area contributed by atoms with Crippen molar-refractivity contribution < 1.29 is 9.53 Å². The maximum atomic E-state index is 11.7. The highest BCUT2D eigenvalue weighted by molar-refractivity contribution is 7.12. The molecule has 0 aliphatic carbocycles. The Labute approximate surface area is 114 Å². The third-order valence-corrected chi connectivity index (χ3v) is 4.02. The Morgan fingerprint density at radius 1 is 1.50 bits per heavy atom. The van der Waals surface area contributed by atoms with Gasteiger partial charge in [-0.25, -0.2) is 4.98 Å². The standard InChI is InChI=1S/C12H14N2O2S2/c1-16-7-11-14-9(8-18-11)4-5-13-12(15)10-3-2-6-17-10/h2-3,6,8H,4-5,7H2,1H3,(H,13,15). The van der Waals surface area contributed by atoms with E-state index in [1.165, 1.54) is 11.3 Å². The van der Waals surface area contributed by atoms with E-state index in [1.54, 1.807) is 18.4 Å². The molecule has 0 unspecified atom stereocenters. The molecule has 0 bridgehead atoms. The van der Waals surface area contributed by atoms with Crippen LogP contribution in [0.1, 0.15) is 20.4 Å². The van der Waals surface area contributed by atoms with Crippen LogP contribution in [0.3, 0.4) is 0 Å². The molecule has 0 fully saturated rings. The molecule has 1 amide bonds. The normalized spacial score (nSPS) is 10.5. The van der Waals surface area contributed by atoms with Crippen molar-refractivity contribution in [3.63, 3.8) is 0 Å². The number of methoxy groups -OCH3 is 1. The highest BCUT2D eigenvalue weighted by Gasteiger charge is 2.06. The van der Waals surface area contributed by atoms with Crippen molar-refractivity contribution in [1.29, 1.82) is 0 Å². The van der Waals surface area contributed by atoms with Crippen molar-refractivity contribution in [2.24, 2.45) is 0 Å². The second-order valence-corrected chi connectivity index (χ2v) is 5.54. The first-order valence-corrected chi connectivity index (χ1v) is 7.29. The van der Waals surface area contributed by atoms with Gasteiger partial charge in [0.15, 0.2) is 0 Å². The van der Waals surface area contributed by atoms with E-state index >= 15 is 0 Å². The molecule has 4 nitrogen and oxygen atoms in total. The fourth-order valence-electron chi connectivity index (χ4n) is 1.45. The average Bonchev–Trinajstić information content (AvgIpc) is 3.00. The number of hydrogen-bond acceptors (Lipinski definition) is 5. The summed E-state index contributed by atoms with van der Waals surface area (Å²) < 4.78 is 5.01. The van der Waals surface area contributed by atoms with Crippen molar-refractivity contribution >= 4 is 28.6 Å². The van der Waals surface area contributed by atoms with Crippen LogP contribution in [-0.4, -0.2) is 24.5 Å². The predicted molar refractivity (Wildman–Crippen MR) is 73.2 cm³/mol. The molecule has 6 heteroatoms. The van der Waals surface area contributed by atoms with E-state index in [-0.39, 0.29) is 5.91 Å². The van der Waals surface area contributed by atoms with Gasteiger partial charge >= 0.3 is 0 Å². The quantitative estimate of drug-likeness (QED) is 0.884. The summed E-state index contributed by atoms with van der Waals surface area (Å²) in [5.74, 6) is -0.0163. The minimum absolute atomic E-state index is 0.0163. The highest BCUT2D eigenvalue weighted by Crippen LogP contribution is 2.11. The van der Waals surface area contributed by atoms with Crippen LogP contribution in [0.25, 0.3) is 0 Å². The topological polar surface area (TPSA) is 51.2 Å². The molecule has 0 aliphatic rings. The lowest BCUT2D eigenvalue weighted by atomic mass is 10.3. The molecule has 0 spiro atoms. The summed E-state index contributed by atoms with van der Waals surface area (Å²) >= 11 is 3.03. The van der Waals surface area contributed by atoms with Gasteiger partial charge in [0.05, 0.1) is 17.2 Å². The number of carbonyl (C=O) groups is 1. The molecule has 0 radical (unpaired) electrons. The molecule has 1 N–H and O–H groups in total. The summed E-state index contributed by atoms with van der Waals surface area (Å²) in [6.07, 6.45) is 0.747. The van der Waals surface area contributed by atoms with E-state index in [0.29, 0.717) is 13.2 Å². The number of thiophene rings is 1. The van der Waals surface area contributed by atoms with Crippen LogP contribution in [0.5, 0.6) is 0 Å². The summed E-state index contributed by atoms with van der Waals surface area (Å²) in [7, 11) is 1.66. The summed E-state index contributed by atoms with van der Waals surface area (Å²) in [6.45, 7) is 1.15. The second kappa shape index (κ2) is 6.63. The fourth-order valence-corrected chi connectivity index (χ4v) is 2.89. The maximum Gasteiger partial charge on any atom is 0.261 e. The van der Waals surface area contributed by atoms with Gasteiger partial charge in [0.1, 0.15) is 5.01 Å². The summed E-state index contributed by atoms with van der Waals surface area (Å²) in [6, 6.07) is 3.69. The Morgan fingerprint density at radius 3 is 3.11 bits per heavy atom. The summed E-state index contributed by atoms with van der Waals surface area (Å²) in [4.78, 5) is 16.8. The minimum atomic E-state index is -0.0163. The monoisotopic (exact) mass is 282 g/mol. The Morgan fingerprint density at radius 2 is 2.39 bits per heavy atom. The van der Waals surface area contributed by atoms with Gasteiger partial charge in [-0.3, -0.25) is 4.79 Å². The zero-order valence-electron chi connectivity index (χ0n) is 10.0. The van der Waals surface area contributed by atoms with Gasteiger partial charge in [0, 0.05) is 25.5 Å². The van der Waals surface area contributed by atoms with Gasteiger partial charge in [-0.1, -0.05) is 6.07 Å². The number of hydrogen-bond donors (Lipinski definition) is 1. The number of aromatic nitrogens is 1. The number of carbonyl (C=O) groups excluding carboxylic acids is 1. The first-order valence-electron chi connectivity index (χ1n) is 5.53. The molecule has 2 aromatic heterocycles. The molecule has 0 saturated carbocycles. The Balaban J connectivity index is 1.76. The molecule has 2 heterocycles. The molecular weight excluding hydrogens is 268 g/mol. The molecule has 2 aromatic rings. The van der Waals surface area contributed by atoms with Gasteiger partial charge in [-0.05, 0) is 11.4 Å². The lowest BCUT2D eigenvalue weighted by Gasteiger charge is -2.01. The van der Waals surface area contributed by atoms with Crippen LogP contribution >= 0.6 is 22.7 Å². The van der Waals surface area contributed by atoms with E-state index in [0.717, 1.165) is 22.0 Å². The Hall–Kier alpha value is -1.24. The maximum absolute atomic E-state index is 11.7. The van der Waals surface area contributed by atoms with E-state index < -0.39 is 0 Å². The lowest BCUT2D eigenvalue weighted by Crippen LogP contribution is -2.24. The smallest absolute Gasteiger partial charge is 0.261 e. The number of amides is 1.